The third-order valence-electron chi connectivity index (χ3n) is 4.23. The van der Waals surface area contributed by atoms with E-state index < -0.39 is 0 Å². The van der Waals surface area contributed by atoms with Crippen molar-refractivity contribution < 1.29 is 9.59 Å². The van der Waals surface area contributed by atoms with Gasteiger partial charge in [-0.1, -0.05) is 18.2 Å². The zero-order valence-electron chi connectivity index (χ0n) is 14.2. The molecule has 1 aliphatic heterocycles. The first kappa shape index (κ1) is 16.9. The minimum absolute atomic E-state index is 0.121. The van der Waals surface area contributed by atoms with Gasteiger partial charge in [-0.05, 0) is 49.2 Å². The maximum atomic E-state index is 12.0. The Morgan fingerprint density at radius 1 is 1.24 bits per heavy atom. The molecule has 1 fully saturated rings. The molecule has 1 atom stereocenters. The second kappa shape index (κ2) is 7.75. The Morgan fingerprint density at radius 2 is 2.04 bits per heavy atom. The van der Waals surface area contributed by atoms with Crippen LogP contribution in [0.4, 0.5) is 5.69 Å². The predicted molar refractivity (Wildman–Crippen MR) is 97.9 cm³/mol. The molecule has 1 aromatic heterocycles. The minimum Gasteiger partial charge on any atom is -0.346 e. The zero-order valence-corrected chi connectivity index (χ0v) is 14.2. The van der Waals surface area contributed by atoms with Crippen LogP contribution in [0.15, 0.2) is 54.7 Å². The van der Waals surface area contributed by atoms with E-state index in [0.29, 0.717) is 6.42 Å². The molecule has 1 aromatic carbocycles. The molecule has 0 bridgehead atoms. The van der Waals surface area contributed by atoms with Crippen molar-refractivity contribution in [2.75, 3.05) is 11.4 Å². The van der Waals surface area contributed by atoms with Gasteiger partial charge in [0, 0.05) is 30.9 Å². The van der Waals surface area contributed by atoms with Crippen LogP contribution in [0.1, 0.15) is 37.1 Å². The number of hydrogen-bond donors (Lipinski definition) is 1. The summed E-state index contributed by atoms with van der Waals surface area (Å²) in [6.45, 7) is 2.71. The summed E-state index contributed by atoms with van der Waals surface area (Å²) >= 11 is 0. The van der Waals surface area contributed by atoms with Crippen molar-refractivity contribution in [3.63, 3.8) is 0 Å². The first-order valence-electron chi connectivity index (χ1n) is 8.43. The Kier molecular flexibility index (Phi) is 5.23. The molecular weight excluding hydrogens is 314 g/mol. The maximum absolute atomic E-state index is 12.0. The second-order valence-electron chi connectivity index (χ2n) is 6.06. The van der Waals surface area contributed by atoms with E-state index in [1.807, 2.05) is 54.3 Å². The lowest BCUT2D eigenvalue weighted by molar-refractivity contribution is -0.117. The number of amides is 2. The highest BCUT2D eigenvalue weighted by Crippen LogP contribution is 2.23. The van der Waals surface area contributed by atoms with Crippen LogP contribution < -0.4 is 10.2 Å². The molecule has 1 saturated heterocycles. The van der Waals surface area contributed by atoms with E-state index in [1.54, 1.807) is 12.3 Å². The Balaban J connectivity index is 1.59. The van der Waals surface area contributed by atoms with Crippen molar-refractivity contribution in [2.45, 2.75) is 25.8 Å². The molecule has 5 heteroatoms. The van der Waals surface area contributed by atoms with Crippen molar-refractivity contribution in [1.29, 1.82) is 0 Å². The topological polar surface area (TPSA) is 62.3 Å². The molecule has 5 nitrogen and oxygen atoms in total. The van der Waals surface area contributed by atoms with Crippen LogP contribution in [0, 0.1) is 0 Å². The molecule has 2 amide bonds. The molecule has 2 aromatic rings. The van der Waals surface area contributed by atoms with Gasteiger partial charge in [0.1, 0.15) is 0 Å². The van der Waals surface area contributed by atoms with E-state index in [4.69, 9.17) is 0 Å². The molecule has 128 valence electrons. The van der Waals surface area contributed by atoms with Crippen LogP contribution in [0.25, 0.3) is 6.08 Å². The number of nitrogens with zero attached hydrogens (tertiary/aromatic N) is 2. The number of hydrogen-bond acceptors (Lipinski definition) is 3. The van der Waals surface area contributed by atoms with Crippen LogP contribution in [-0.2, 0) is 9.59 Å². The quantitative estimate of drug-likeness (QED) is 0.854. The molecule has 25 heavy (non-hydrogen) atoms. The Hall–Kier alpha value is -2.95. The van der Waals surface area contributed by atoms with Crippen molar-refractivity contribution in [3.8, 4) is 0 Å². The van der Waals surface area contributed by atoms with E-state index in [1.165, 1.54) is 6.08 Å². The summed E-state index contributed by atoms with van der Waals surface area (Å²) in [5, 5.41) is 2.93. The van der Waals surface area contributed by atoms with Gasteiger partial charge >= 0.3 is 0 Å². The predicted octanol–water partition coefficient (Wildman–Crippen LogP) is 3.10. The van der Waals surface area contributed by atoms with Crippen LogP contribution in [0.2, 0.25) is 0 Å². The molecule has 0 radical (unpaired) electrons. The first-order chi connectivity index (χ1) is 12.1. The van der Waals surface area contributed by atoms with Crippen molar-refractivity contribution in [2.24, 2.45) is 0 Å². The van der Waals surface area contributed by atoms with Crippen molar-refractivity contribution in [1.82, 2.24) is 10.3 Å². The summed E-state index contributed by atoms with van der Waals surface area (Å²) in [7, 11) is 0. The third kappa shape index (κ3) is 4.32. The fourth-order valence-electron chi connectivity index (χ4n) is 2.84. The van der Waals surface area contributed by atoms with Crippen LogP contribution in [0.3, 0.4) is 0 Å². The number of carbonyl (C=O) groups is 2. The van der Waals surface area contributed by atoms with E-state index in [9.17, 15) is 9.59 Å². The van der Waals surface area contributed by atoms with Gasteiger partial charge in [0.2, 0.25) is 11.8 Å². The summed E-state index contributed by atoms with van der Waals surface area (Å²) in [4.78, 5) is 29.8. The zero-order chi connectivity index (χ0) is 17.6. The van der Waals surface area contributed by atoms with Gasteiger partial charge in [-0.25, -0.2) is 0 Å². The van der Waals surface area contributed by atoms with E-state index in [2.05, 4.69) is 10.3 Å². The fraction of sp³-hybridized carbons (Fsp3) is 0.250. The smallest absolute Gasteiger partial charge is 0.244 e. The first-order valence-corrected chi connectivity index (χ1v) is 8.43. The highest BCUT2D eigenvalue weighted by Gasteiger charge is 2.21. The van der Waals surface area contributed by atoms with Crippen LogP contribution in [-0.4, -0.2) is 23.3 Å². The number of aromatic nitrogens is 1. The lowest BCUT2D eigenvalue weighted by Crippen LogP contribution is -2.25. The van der Waals surface area contributed by atoms with E-state index >= 15 is 0 Å². The molecule has 0 aliphatic carbocycles. The van der Waals surface area contributed by atoms with Crippen LogP contribution in [0.5, 0.6) is 0 Å². The molecule has 1 N–H and O–H groups in total. The monoisotopic (exact) mass is 335 g/mol. The minimum atomic E-state index is -0.169. The maximum Gasteiger partial charge on any atom is 0.244 e. The molecule has 2 heterocycles. The Morgan fingerprint density at radius 3 is 2.68 bits per heavy atom. The highest BCUT2D eigenvalue weighted by molar-refractivity contribution is 5.95. The largest absolute Gasteiger partial charge is 0.346 e. The summed E-state index contributed by atoms with van der Waals surface area (Å²) in [6, 6.07) is 13.2. The third-order valence-corrected chi connectivity index (χ3v) is 4.23. The highest BCUT2D eigenvalue weighted by atomic mass is 16.2. The number of pyridine rings is 1. The number of rotatable bonds is 5. The second-order valence-corrected chi connectivity index (χ2v) is 6.06. The summed E-state index contributed by atoms with van der Waals surface area (Å²) < 4.78 is 0. The Bertz CT molecular complexity index is 769. The Labute approximate surface area is 147 Å². The summed E-state index contributed by atoms with van der Waals surface area (Å²) in [5.41, 5.74) is 2.65. The van der Waals surface area contributed by atoms with Gasteiger partial charge in [-0.3, -0.25) is 14.6 Å². The number of benzene rings is 1. The standard InChI is InChI=1S/C20H21N3O2/c1-15(22-19(24)12-9-17-5-2-3-13-21-17)16-7-10-18(11-8-16)23-14-4-6-20(23)25/h2-3,5,7-13,15H,4,6,14H2,1H3,(H,22,24). The van der Waals surface area contributed by atoms with Gasteiger partial charge in [-0.2, -0.15) is 0 Å². The van der Waals surface area contributed by atoms with Gasteiger partial charge in [-0.15, -0.1) is 0 Å². The van der Waals surface area contributed by atoms with Gasteiger partial charge in [0.15, 0.2) is 0 Å². The van der Waals surface area contributed by atoms with E-state index in [-0.39, 0.29) is 17.9 Å². The van der Waals surface area contributed by atoms with Gasteiger partial charge in [0.25, 0.3) is 0 Å². The average molecular weight is 335 g/mol. The normalized spacial score (nSPS) is 15.6. The molecule has 1 unspecified atom stereocenters. The average Bonchev–Trinajstić information content (AvgIpc) is 3.07. The van der Waals surface area contributed by atoms with Crippen molar-refractivity contribution >= 4 is 23.6 Å². The molecule has 3 rings (SSSR count). The fourth-order valence-corrected chi connectivity index (χ4v) is 2.84. The lowest BCUT2D eigenvalue weighted by Gasteiger charge is -2.18. The lowest BCUT2D eigenvalue weighted by atomic mass is 10.1. The number of carbonyl (C=O) groups excluding carboxylic acids is 2. The molecule has 0 saturated carbocycles. The van der Waals surface area contributed by atoms with Gasteiger partial charge in [0.05, 0.1) is 11.7 Å². The molecular formula is C20H21N3O2. The number of anilines is 1. The van der Waals surface area contributed by atoms with Gasteiger partial charge < -0.3 is 10.2 Å². The summed E-state index contributed by atoms with van der Waals surface area (Å²) in [6.07, 6.45) is 6.39. The SMILES string of the molecule is CC(NC(=O)C=Cc1ccccn1)c1ccc(N2CCCC2=O)cc1. The molecule has 1 aliphatic rings. The molecule has 0 spiro atoms. The van der Waals surface area contributed by atoms with Crippen LogP contribution >= 0.6 is 0 Å². The van der Waals surface area contributed by atoms with Crippen molar-refractivity contribution in [3.05, 3.63) is 66.0 Å². The van der Waals surface area contributed by atoms with E-state index in [0.717, 1.165) is 29.9 Å². The number of nitrogens with one attached hydrogen (secondary N) is 1. The summed E-state index contributed by atoms with van der Waals surface area (Å²) in [5.74, 6) is 0.00529.